The van der Waals surface area contributed by atoms with E-state index in [1.807, 2.05) is 6.92 Å². The van der Waals surface area contributed by atoms with Crippen LogP contribution in [0.1, 0.15) is 51.9 Å². The van der Waals surface area contributed by atoms with E-state index in [2.05, 4.69) is 0 Å². The van der Waals surface area contributed by atoms with Gasteiger partial charge in [-0.25, -0.2) is 0 Å². The molecule has 3 aliphatic rings. The number of carbonyl (C=O) groups is 1. The summed E-state index contributed by atoms with van der Waals surface area (Å²) in [6, 6.07) is 0. The van der Waals surface area contributed by atoms with Crippen LogP contribution in [-0.2, 0) is 9.53 Å². The number of esters is 1. The highest BCUT2D eigenvalue weighted by Gasteiger charge is 2.48. The Hall–Kier alpha value is -0.280. The van der Waals surface area contributed by atoms with E-state index in [0.29, 0.717) is 6.61 Å². The monoisotopic (exact) mass is 247 g/mol. The Balaban J connectivity index is 0.00000128. The minimum atomic E-state index is -0.185. The fourth-order valence-corrected chi connectivity index (χ4v) is 3.10. The van der Waals surface area contributed by atoms with Crippen LogP contribution in [0.3, 0.4) is 0 Å². The van der Waals surface area contributed by atoms with Gasteiger partial charge in [-0.05, 0) is 45.4 Å². The van der Waals surface area contributed by atoms with Crippen molar-refractivity contribution >= 4 is 18.4 Å². The van der Waals surface area contributed by atoms with Crippen molar-refractivity contribution in [3.05, 3.63) is 0 Å². The van der Waals surface area contributed by atoms with Crippen LogP contribution in [0.2, 0.25) is 0 Å². The number of hydrogen-bond donors (Lipinski definition) is 1. The Morgan fingerprint density at radius 2 is 1.81 bits per heavy atom. The van der Waals surface area contributed by atoms with Crippen LogP contribution in [0.15, 0.2) is 0 Å². The summed E-state index contributed by atoms with van der Waals surface area (Å²) in [6.07, 6.45) is 6.98. The Labute approximate surface area is 104 Å². The first-order valence-corrected chi connectivity index (χ1v) is 6.06. The highest BCUT2D eigenvalue weighted by Crippen LogP contribution is 2.49. The summed E-state index contributed by atoms with van der Waals surface area (Å²) in [7, 11) is 0. The molecular formula is C12H22ClNO2. The SMILES string of the molecule is CCOC(=O)C12CCCC(N)(CC1)CC2.Cl. The Morgan fingerprint density at radius 3 is 2.38 bits per heavy atom. The van der Waals surface area contributed by atoms with Gasteiger partial charge in [0.2, 0.25) is 0 Å². The van der Waals surface area contributed by atoms with Gasteiger partial charge in [-0.15, -0.1) is 12.4 Å². The molecule has 3 fully saturated rings. The standard InChI is InChI=1S/C12H21NO2.ClH/c1-2-15-10(14)11-4-3-5-12(13,8-6-11)9-7-11;/h2-9,13H2,1H3;1H. The maximum absolute atomic E-state index is 12.0. The lowest BCUT2D eigenvalue weighted by Crippen LogP contribution is -2.45. The zero-order valence-corrected chi connectivity index (χ0v) is 10.8. The van der Waals surface area contributed by atoms with Gasteiger partial charge in [0, 0.05) is 5.54 Å². The average molecular weight is 248 g/mol. The average Bonchev–Trinajstić information content (AvgIpc) is 2.48. The molecule has 0 saturated heterocycles. The van der Waals surface area contributed by atoms with Crippen LogP contribution in [0.25, 0.3) is 0 Å². The second-order valence-electron chi connectivity index (χ2n) is 5.22. The van der Waals surface area contributed by atoms with E-state index in [-0.39, 0.29) is 29.3 Å². The summed E-state index contributed by atoms with van der Waals surface area (Å²) in [6.45, 7) is 2.37. The molecule has 3 aliphatic carbocycles. The van der Waals surface area contributed by atoms with E-state index < -0.39 is 0 Å². The number of carbonyl (C=O) groups excluding carboxylic acids is 1. The second kappa shape index (κ2) is 4.92. The molecule has 4 heteroatoms. The van der Waals surface area contributed by atoms with E-state index >= 15 is 0 Å². The van der Waals surface area contributed by atoms with E-state index in [4.69, 9.17) is 10.5 Å². The molecule has 0 aliphatic heterocycles. The van der Waals surface area contributed by atoms with Crippen molar-refractivity contribution in [3.8, 4) is 0 Å². The Kier molecular flexibility index (Phi) is 4.24. The topological polar surface area (TPSA) is 52.3 Å². The molecule has 3 nitrogen and oxygen atoms in total. The van der Waals surface area contributed by atoms with Crippen molar-refractivity contribution in [1.29, 1.82) is 0 Å². The highest BCUT2D eigenvalue weighted by atomic mass is 35.5. The lowest BCUT2D eigenvalue weighted by atomic mass is 9.69. The lowest BCUT2D eigenvalue weighted by Gasteiger charge is -2.39. The number of fused-ring (bicyclic) bond motifs is 4. The van der Waals surface area contributed by atoms with Crippen LogP contribution >= 0.6 is 12.4 Å². The zero-order chi connectivity index (χ0) is 10.9. The van der Waals surface area contributed by atoms with Gasteiger partial charge < -0.3 is 10.5 Å². The number of rotatable bonds is 2. The van der Waals surface area contributed by atoms with Crippen molar-refractivity contribution in [2.24, 2.45) is 11.1 Å². The van der Waals surface area contributed by atoms with Gasteiger partial charge in [-0.2, -0.15) is 0 Å². The van der Waals surface area contributed by atoms with Gasteiger partial charge >= 0.3 is 5.97 Å². The molecule has 0 aromatic rings. The minimum absolute atomic E-state index is 0. The smallest absolute Gasteiger partial charge is 0.312 e. The first-order chi connectivity index (χ1) is 7.10. The third-order valence-electron chi connectivity index (χ3n) is 4.24. The molecule has 3 saturated carbocycles. The molecule has 94 valence electrons. The van der Waals surface area contributed by atoms with Crippen molar-refractivity contribution in [2.45, 2.75) is 57.4 Å². The summed E-state index contributed by atoms with van der Waals surface area (Å²) in [4.78, 5) is 12.0. The summed E-state index contributed by atoms with van der Waals surface area (Å²) >= 11 is 0. The normalized spacial score (nSPS) is 37.4. The van der Waals surface area contributed by atoms with Gasteiger partial charge in [-0.3, -0.25) is 4.79 Å². The summed E-state index contributed by atoms with van der Waals surface area (Å²) < 4.78 is 5.21. The predicted octanol–water partition coefficient (Wildman–Crippen LogP) is 2.41. The van der Waals surface area contributed by atoms with E-state index in [1.54, 1.807) is 0 Å². The summed E-state index contributed by atoms with van der Waals surface area (Å²) in [5, 5.41) is 0. The minimum Gasteiger partial charge on any atom is -0.466 e. The molecule has 2 bridgehead atoms. The summed E-state index contributed by atoms with van der Waals surface area (Å²) in [5.74, 6) is 0.0222. The lowest BCUT2D eigenvalue weighted by molar-refractivity contribution is -0.158. The van der Waals surface area contributed by atoms with Crippen molar-refractivity contribution in [1.82, 2.24) is 0 Å². The zero-order valence-electron chi connectivity index (χ0n) is 9.96. The molecule has 2 N–H and O–H groups in total. The maximum Gasteiger partial charge on any atom is 0.312 e. The Morgan fingerprint density at radius 1 is 1.19 bits per heavy atom. The molecule has 0 aromatic carbocycles. The van der Waals surface area contributed by atoms with Crippen molar-refractivity contribution < 1.29 is 9.53 Å². The molecule has 3 rings (SSSR count). The first kappa shape index (κ1) is 13.8. The molecule has 0 heterocycles. The van der Waals surface area contributed by atoms with Gasteiger partial charge in [0.05, 0.1) is 12.0 Å². The number of nitrogens with two attached hydrogens (primary N) is 1. The summed E-state index contributed by atoms with van der Waals surface area (Å²) in [5.41, 5.74) is 6.11. The number of halogens is 1. The van der Waals surface area contributed by atoms with Gasteiger partial charge in [0.1, 0.15) is 0 Å². The van der Waals surface area contributed by atoms with Gasteiger partial charge in [-0.1, -0.05) is 6.42 Å². The largest absolute Gasteiger partial charge is 0.466 e. The fraction of sp³-hybridized carbons (Fsp3) is 0.917. The van der Waals surface area contributed by atoms with Gasteiger partial charge in [0.15, 0.2) is 0 Å². The van der Waals surface area contributed by atoms with E-state index in [9.17, 15) is 4.79 Å². The van der Waals surface area contributed by atoms with Crippen LogP contribution < -0.4 is 5.73 Å². The fourth-order valence-electron chi connectivity index (χ4n) is 3.10. The number of hydrogen-bond acceptors (Lipinski definition) is 3. The highest BCUT2D eigenvalue weighted by molar-refractivity contribution is 5.85. The molecule has 0 aromatic heterocycles. The van der Waals surface area contributed by atoms with Crippen LogP contribution in [-0.4, -0.2) is 18.1 Å². The maximum atomic E-state index is 12.0. The molecule has 16 heavy (non-hydrogen) atoms. The molecule has 0 radical (unpaired) electrons. The van der Waals surface area contributed by atoms with E-state index in [1.165, 1.54) is 0 Å². The second-order valence-corrected chi connectivity index (χ2v) is 5.22. The first-order valence-electron chi connectivity index (χ1n) is 6.06. The Bertz CT molecular complexity index is 260. The molecule has 0 spiro atoms. The number of ether oxygens (including phenoxy) is 1. The molecule has 0 unspecified atom stereocenters. The molecule has 0 atom stereocenters. The van der Waals surface area contributed by atoms with E-state index in [0.717, 1.165) is 44.9 Å². The van der Waals surface area contributed by atoms with Crippen molar-refractivity contribution in [2.75, 3.05) is 6.61 Å². The van der Waals surface area contributed by atoms with Crippen LogP contribution in [0, 0.1) is 5.41 Å². The third kappa shape index (κ3) is 2.35. The predicted molar refractivity (Wildman–Crippen MR) is 65.6 cm³/mol. The van der Waals surface area contributed by atoms with Crippen LogP contribution in [0.4, 0.5) is 0 Å². The molecule has 0 amide bonds. The molecular weight excluding hydrogens is 226 g/mol. The van der Waals surface area contributed by atoms with Gasteiger partial charge in [0.25, 0.3) is 0 Å². The van der Waals surface area contributed by atoms with Crippen LogP contribution in [0.5, 0.6) is 0 Å². The van der Waals surface area contributed by atoms with Crippen molar-refractivity contribution in [3.63, 3.8) is 0 Å². The third-order valence-corrected chi connectivity index (χ3v) is 4.24. The quantitative estimate of drug-likeness (QED) is 0.763.